The summed E-state index contributed by atoms with van der Waals surface area (Å²) in [7, 11) is 0. The van der Waals surface area contributed by atoms with Crippen LogP contribution in [0.1, 0.15) is 15.9 Å². The van der Waals surface area contributed by atoms with Gasteiger partial charge >= 0.3 is 0 Å². The molecule has 174 valence electrons. The van der Waals surface area contributed by atoms with Crippen LogP contribution in [0, 0.1) is 0 Å². The molecule has 5 rings (SSSR count). The van der Waals surface area contributed by atoms with Crippen LogP contribution >= 0.6 is 15.9 Å². The summed E-state index contributed by atoms with van der Waals surface area (Å²) < 4.78 is 0.743. The topological polar surface area (TPSA) is 54.4 Å². The van der Waals surface area contributed by atoms with Gasteiger partial charge in [-0.05, 0) is 50.8 Å². The monoisotopic (exact) mass is 531 g/mol. The van der Waals surface area contributed by atoms with Gasteiger partial charge in [0.1, 0.15) is 0 Å². The molecule has 5 heteroatoms. The number of amides is 1. The van der Waals surface area contributed by atoms with E-state index in [1.165, 1.54) is 0 Å². The van der Waals surface area contributed by atoms with E-state index in [0.717, 1.165) is 43.3 Å². The summed E-state index contributed by atoms with van der Waals surface area (Å²) in [6.45, 7) is 0. The molecule has 0 saturated heterocycles. The fourth-order valence-corrected chi connectivity index (χ4v) is 4.30. The van der Waals surface area contributed by atoms with Crippen LogP contribution in [0.3, 0.4) is 0 Å². The van der Waals surface area contributed by atoms with Crippen LogP contribution in [0.15, 0.2) is 125 Å². The number of benzene rings is 4. The molecule has 0 aliphatic rings. The highest BCUT2D eigenvalue weighted by Gasteiger charge is 2.14. The van der Waals surface area contributed by atoms with Crippen molar-refractivity contribution in [1.82, 2.24) is 10.4 Å². The van der Waals surface area contributed by atoms with E-state index in [9.17, 15) is 4.79 Å². The lowest BCUT2D eigenvalue weighted by atomic mass is 10.0. The fraction of sp³-hybridized carbons (Fsp3) is 0. The molecule has 1 aromatic heterocycles. The van der Waals surface area contributed by atoms with Gasteiger partial charge in [-0.25, -0.2) is 10.4 Å². The molecule has 0 bridgehead atoms. The van der Waals surface area contributed by atoms with Gasteiger partial charge < -0.3 is 0 Å². The lowest BCUT2D eigenvalue weighted by Gasteiger charge is -2.10. The van der Waals surface area contributed by atoms with Crippen molar-refractivity contribution in [2.45, 2.75) is 0 Å². The van der Waals surface area contributed by atoms with Crippen LogP contribution in [0.5, 0.6) is 0 Å². The van der Waals surface area contributed by atoms with Gasteiger partial charge in [0.2, 0.25) is 0 Å². The summed E-state index contributed by atoms with van der Waals surface area (Å²) in [4.78, 5) is 17.9. The predicted molar refractivity (Wildman–Crippen MR) is 152 cm³/mol. The number of rotatable bonds is 6. The van der Waals surface area contributed by atoms with Crippen LogP contribution in [0.2, 0.25) is 0 Å². The van der Waals surface area contributed by atoms with Crippen LogP contribution in [-0.2, 0) is 0 Å². The zero-order valence-corrected chi connectivity index (χ0v) is 20.9. The number of aromatic nitrogens is 1. The van der Waals surface area contributed by atoms with Gasteiger partial charge in [0, 0.05) is 15.4 Å². The Morgan fingerprint density at radius 3 is 2.11 bits per heavy atom. The van der Waals surface area contributed by atoms with E-state index >= 15 is 0 Å². The van der Waals surface area contributed by atoms with Crippen LogP contribution < -0.4 is 5.43 Å². The van der Waals surface area contributed by atoms with Gasteiger partial charge in [-0.15, -0.1) is 0 Å². The Morgan fingerprint density at radius 2 is 1.36 bits per heavy atom. The average Bonchev–Trinajstić information content (AvgIpc) is 2.93. The smallest absolute Gasteiger partial charge is 0.267 e. The van der Waals surface area contributed by atoms with Gasteiger partial charge in [-0.1, -0.05) is 103 Å². The molecular formula is C31H22BrN3O. The molecular weight excluding hydrogens is 510 g/mol. The fourth-order valence-electron chi connectivity index (χ4n) is 3.93. The van der Waals surface area contributed by atoms with Crippen molar-refractivity contribution in [3.63, 3.8) is 0 Å². The number of hydrogen-bond acceptors (Lipinski definition) is 3. The first-order valence-electron chi connectivity index (χ1n) is 11.5. The molecule has 0 fully saturated rings. The molecule has 0 saturated carbocycles. The molecule has 1 heterocycles. The lowest BCUT2D eigenvalue weighted by molar-refractivity contribution is 0.0956. The van der Waals surface area contributed by atoms with E-state index in [1.54, 1.807) is 6.21 Å². The number of nitrogens with zero attached hydrogens (tertiary/aromatic N) is 2. The number of pyridine rings is 1. The number of nitrogens with one attached hydrogen (secondary N) is 1. The summed E-state index contributed by atoms with van der Waals surface area (Å²) >= 11 is 3.48. The Morgan fingerprint density at radius 1 is 0.750 bits per heavy atom. The van der Waals surface area contributed by atoms with Crippen LogP contribution in [0.25, 0.3) is 39.4 Å². The van der Waals surface area contributed by atoms with Crippen LogP contribution in [-0.4, -0.2) is 17.1 Å². The zero-order valence-electron chi connectivity index (χ0n) is 19.3. The van der Waals surface area contributed by atoms with Crippen LogP contribution in [0.4, 0.5) is 0 Å². The molecule has 36 heavy (non-hydrogen) atoms. The quantitative estimate of drug-likeness (QED) is 0.180. The maximum absolute atomic E-state index is 13.1. The molecule has 0 atom stereocenters. The Hall–Kier alpha value is -4.35. The van der Waals surface area contributed by atoms with Crippen molar-refractivity contribution < 1.29 is 4.79 Å². The maximum atomic E-state index is 13.1. The molecule has 1 amide bonds. The van der Waals surface area contributed by atoms with E-state index in [1.807, 2.05) is 97.1 Å². The highest BCUT2D eigenvalue weighted by Crippen LogP contribution is 2.27. The molecule has 5 aromatic rings. The second-order valence-electron chi connectivity index (χ2n) is 8.15. The highest BCUT2D eigenvalue weighted by atomic mass is 79.9. The zero-order chi connectivity index (χ0) is 24.7. The number of fused-ring (bicyclic) bond motifs is 1. The van der Waals surface area contributed by atoms with Gasteiger partial charge in [0.05, 0.1) is 23.0 Å². The van der Waals surface area contributed by atoms with Crippen molar-refractivity contribution in [2.24, 2.45) is 5.10 Å². The van der Waals surface area contributed by atoms with Crippen molar-refractivity contribution in [3.8, 4) is 22.4 Å². The normalized spacial score (nSPS) is 11.6. The summed E-state index contributed by atoms with van der Waals surface area (Å²) in [6.07, 6.45) is 3.49. The minimum absolute atomic E-state index is 0.299. The summed E-state index contributed by atoms with van der Waals surface area (Å²) in [5.74, 6) is -0.299. The number of carbonyl (C=O) groups is 1. The second-order valence-corrected chi connectivity index (χ2v) is 9.07. The van der Waals surface area contributed by atoms with E-state index in [4.69, 9.17) is 4.98 Å². The summed E-state index contributed by atoms with van der Waals surface area (Å²) in [5, 5.41) is 4.91. The maximum Gasteiger partial charge on any atom is 0.272 e. The van der Waals surface area contributed by atoms with Crippen molar-refractivity contribution >= 4 is 45.0 Å². The Bertz CT molecular complexity index is 1560. The van der Waals surface area contributed by atoms with Gasteiger partial charge in [-0.2, -0.15) is 5.10 Å². The number of carbonyl (C=O) groups excluding carboxylic acids is 1. The summed E-state index contributed by atoms with van der Waals surface area (Å²) in [6, 6.07) is 37.8. The number of para-hydroxylation sites is 1. The van der Waals surface area contributed by atoms with E-state index < -0.39 is 0 Å². The Labute approximate surface area is 218 Å². The first kappa shape index (κ1) is 23.4. The minimum Gasteiger partial charge on any atom is -0.267 e. The SMILES string of the molecule is O=C(N/N=C/C(Br)=C\c1ccccc1)c1cc(-c2ccc(-c3ccccc3)cc2)nc2ccccc12. The van der Waals surface area contributed by atoms with Crippen molar-refractivity contribution in [2.75, 3.05) is 0 Å². The highest BCUT2D eigenvalue weighted by molar-refractivity contribution is 9.12. The third kappa shape index (κ3) is 5.48. The molecule has 0 aliphatic heterocycles. The minimum atomic E-state index is -0.299. The summed E-state index contributed by atoms with van der Waals surface area (Å²) in [5.41, 5.74) is 8.90. The average molecular weight is 532 g/mol. The molecule has 4 nitrogen and oxygen atoms in total. The largest absolute Gasteiger partial charge is 0.272 e. The number of hydrogen-bond donors (Lipinski definition) is 1. The second kappa shape index (κ2) is 10.9. The van der Waals surface area contributed by atoms with E-state index in [-0.39, 0.29) is 5.91 Å². The molecule has 0 aliphatic carbocycles. The predicted octanol–water partition coefficient (Wildman–Crippen LogP) is 7.72. The lowest BCUT2D eigenvalue weighted by Crippen LogP contribution is -2.18. The molecule has 0 radical (unpaired) electrons. The van der Waals surface area contributed by atoms with Gasteiger partial charge in [0.15, 0.2) is 0 Å². The number of allylic oxidation sites excluding steroid dienone is 1. The molecule has 1 N–H and O–H groups in total. The van der Waals surface area contributed by atoms with Gasteiger partial charge in [0.25, 0.3) is 5.91 Å². The Balaban J connectivity index is 1.41. The Kier molecular flexibility index (Phi) is 7.10. The molecule has 4 aromatic carbocycles. The van der Waals surface area contributed by atoms with E-state index in [0.29, 0.717) is 5.56 Å². The number of halogens is 1. The molecule has 0 unspecified atom stereocenters. The first-order chi connectivity index (χ1) is 17.7. The van der Waals surface area contributed by atoms with Crippen molar-refractivity contribution in [3.05, 3.63) is 131 Å². The first-order valence-corrected chi connectivity index (χ1v) is 12.3. The van der Waals surface area contributed by atoms with E-state index in [2.05, 4.69) is 50.7 Å². The van der Waals surface area contributed by atoms with Crippen molar-refractivity contribution in [1.29, 1.82) is 0 Å². The third-order valence-electron chi connectivity index (χ3n) is 5.71. The third-order valence-corrected chi connectivity index (χ3v) is 6.14. The number of hydrazone groups is 1. The standard InChI is InChI=1S/C31H22BrN3O/c32-26(19-22-9-3-1-4-10-22)21-33-35-31(36)28-20-30(34-29-14-8-7-13-27(28)29)25-17-15-24(16-18-25)23-11-5-2-6-12-23/h1-21H,(H,35,36)/b26-19+,33-21+. The van der Waals surface area contributed by atoms with Gasteiger partial charge in [-0.3, -0.25) is 4.79 Å². The molecule has 0 spiro atoms.